The minimum atomic E-state index is -1.44. The summed E-state index contributed by atoms with van der Waals surface area (Å²) in [6, 6.07) is 0.160. The Hall–Kier alpha value is 0.500. The number of halogens is 3. The summed E-state index contributed by atoms with van der Waals surface area (Å²) < 4.78 is 16.8. The van der Waals surface area contributed by atoms with E-state index in [2.05, 4.69) is 70.9 Å². The van der Waals surface area contributed by atoms with E-state index in [0.717, 1.165) is 26.1 Å². The lowest BCUT2D eigenvalue weighted by Gasteiger charge is -2.49. The molecule has 112 valence electrons. The van der Waals surface area contributed by atoms with E-state index in [0.29, 0.717) is 0 Å². The van der Waals surface area contributed by atoms with Crippen molar-refractivity contribution in [3.63, 3.8) is 0 Å². The molecule has 0 saturated carbocycles. The topological polar surface area (TPSA) is 16.1 Å². The average molecular weight is 502 g/mol. The first-order chi connectivity index (χ1) is 9.10. The molecule has 0 aliphatic carbocycles. The molecule has 1 aromatic rings. The molecule has 0 N–H and O–H groups in total. The van der Waals surface area contributed by atoms with Crippen molar-refractivity contribution < 1.29 is 4.39 Å². The summed E-state index contributed by atoms with van der Waals surface area (Å²) in [5, 5.41) is 0. The van der Waals surface area contributed by atoms with Gasteiger partial charge in [0.1, 0.15) is 3.70 Å². The van der Waals surface area contributed by atoms with E-state index >= 15 is 4.39 Å². The van der Waals surface area contributed by atoms with Crippen molar-refractivity contribution in [2.24, 2.45) is 0 Å². The second-order valence-corrected chi connectivity index (χ2v) is 8.32. The van der Waals surface area contributed by atoms with Crippen molar-refractivity contribution in [1.82, 2.24) is 9.88 Å². The second kappa shape index (κ2) is 5.61. The standard InChI is InChI=1S/C15H21FI2N2/c1-7(2)20-14(18)8(3)11-10(5)19-13(17)9(4)12(11)15(20,6)16/h7-8,14H,1-6H3. The summed E-state index contributed by atoms with van der Waals surface area (Å²) in [5.74, 6) is -1.17. The lowest BCUT2D eigenvalue weighted by molar-refractivity contribution is -0.0656. The van der Waals surface area contributed by atoms with Crippen LogP contribution in [-0.4, -0.2) is 20.0 Å². The van der Waals surface area contributed by atoms with Gasteiger partial charge < -0.3 is 0 Å². The third kappa shape index (κ3) is 2.41. The lowest BCUT2D eigenvalue weighted by Crippen LogP contribution is -2.54. The third-order valence-electron chi connectivity index (χ3n) is 4.24. The summed E-state index contributed by atoms with van der Waals surface area (Å²) in [5.41, 5.74) is 3.89. The molecule has 1 aromatic heterocycles. The van der Waals surface area contributed by atoms with Crippen LogP contribution in [0.3, 0.4) is 0 Å². The highest BCUT2D eigenvalue weighted by molar-refractivity contribution is 14.1. The molecule has 2 nitrogen and oxygen atoms in total. The number of aryl methyl sites for hydroxylation is 1. The van der Waals surface area contributed by atoms with Gasteiger partial charge in [-0.1, -0.05) is 29.5 Å². The van der Waals surface area contributed by atoms with Crippen LogP contribution in [0, 0.1) is 17.5 Å². The Morgan fingerprint density at radius 1 is 1.35 bits per heavy atom. The van der Waals surface area contributed by atoms with E-state index in [1.165, 1.54) is 0 Å². The minimum Gasteiger partial charge on any atom is -0.253 e. The van der Waals surface area contributed by atoms with E-state index in [4.69, 9.17) is 0 Å². The van der Waals surface area contributed by atoms with Crippen molar-refractivity contribution in [2.75, 3.05) is 0 Å². The number of alkyl halides is 2. The third-order valence-corrected chi connectivity index (χ3v) is 6.97. The van der Waals surface area contributed by atoms with E-state index in [1.54, 1.807) is 6.92 Å². The van der Waals surface area contributed by atoms with Crippen LogP contribution in [0.2, 0.25) is 0 Å². The first kappa shape index (κ1) is 16.9. The van der Waals surface area contributed by atoms with Gasteiger partial charge in [-0.25, -0.2) is 9.37 Å². The Balaban J connectivity index is 2.80. The SMILES string of the molecule is Cc1nc(I)c(C)c2c1C(C)C(I)N(C(C)C)C2(C)F. The first-order valence-corrected chi connectivity index (χ1v) is 9.21. The van der Waals surface area contributed by atoms with Crippen molar-refractivity contribution in [2.45, 2.75) is 63.3 Å². The van der Waals surface area contributed by atoms with Crippen LogP contribution in [0.1, 0.15) is 56.0 Å². The monoisotopic (exact) mass is 502 g/mol. The number of fused-ring (bicyclic) bond motifs is 1. The van der Waals surface area contributed by atoms with Gasteiger partial charge in [0, 0.05) is 23.2 Å². The molecule has 1 aliphatic heterocycles. The van der Waals surface area contributed by atoms with Gasteiger partial charge in [-0.05, 0) is 68.3 Å². The smallest absolute Gasteiger partial charge is 0.188 e. The Bertz CT molecular complexity index is 543. The number of aromatic nitrogens is 1. The molecule has 0 saturated heterocycles. The molecule has 2 heterocycles. The fourth-order valence-corrected chi connectivity index (χ4v) is 5.59. The predicted molar refractivity (Wildman–Crippen MR) is 98.1 cm³/mol. The Kier molecular flexibility index (Phi) is 4.73. The lowest BCUT2D eigenvalue weighted by atomic mass is 9.82. The molecular weight excluding hydrogens is 481 g/mol. The average Bonchev–Trinajstić information content (AvgIpc) is 2.30. The Morgan fingerprint density at radius 2 is 1.90 bits per heavy atom. The zero-order valence-electron chi connectivity index (χ0n) is 12.8. The first-order valence-electron chi connectivity index (χ1n) is 6.89. The van der Waals surface area contributed by atoms with Gasteiger partial charge in [-0.2, -0.15) is 0 Å². The van der Waals surface area contributed by atoms with Gasteiger partial charge >= 0.3 is 0 Å². The summed E-state index contributed by atoms with van der Waals surface area (Å²) in [7, 11) is 0. The molecule has 0 spiro atoms. The summed E-state index contributed by atoms with van der Waals surface area (Å²) in [6.45, 7) is 12.0. The molecule has 0 aromatic carbocycles. The summed E-state index contributed by atoms with van der Waals surface area (Å²) >= 11 is 4.59. The van der Waals surface area contributed by atoms with Crippen molar-refractivity contribution >= 4 is 45.2 Å². The highest BCUT2D eigenvalue weighted by atomic mass is 127. The number of hydrogen-bond acceptors (Lipinski definition) is 2. The van der Waals surface area contributed by atoms with E-state index in [-0.39, 0.29) is 16.0 Å². The molecule has 3 atom stereocenters. The van der Waals surface area contributed by atoms with Gasteiger partial charge in [-0.3, -0.25) is 4.90 Å². The quantitative estimate of drug-likeness (QED) is 0.232. The maximum Gasteiger partial charge on any atom is 0.188 e. The molecule has 20 heavy (non-hydrogen) atoms. The molecule has 0 bridgehead atoms. The summed E-state index contributed by atoms with van der Waals surface area (Å²) in [4.78, 5) is 6.59. The van der Waals surface area contributed by atoms with Gasteiger partial charge in [0.15, 0.2) is 5.79 Å². The van der Waals surface area contributed by atoms with Crippen molar-refractivity contribution in [3.05, 3.63) is 26.1 Å². The van der Waals surface area contributed by atoms with E-state index < -0.39 is 5.79 Å². The largest absolute Gasteiger partial charge is 0.253 e. The highest BCUT2D eigenvalue weighted by Gasteiger charge is 2.49. The van der Waals surface area contributed by atoms with Crippen LogP contribution >= 0.6 is 45.2 Å². The van der Waals surface area contributed by atoms with Gasteiger partial charge in [0.2, 0.25) is 0 Å². The molecular formula is C15H21FI2N2. The van der Waals surface area contributed by atoms with Crippen molar-refractivity contribution in [3.8, 4) is 0 Å². The molecule has 2 rings (SSSR count). The fourth-order valence-electron chi connectivity index (χ4n) is 3.43. The van der Waals surface area contributed by atoms with Crippen LogP contribution in [0.5, 0.6) is 0 Å². The predicted octanol–water partition coefficient (Wildman–Crippen LogP) is 5.03. The van der Waals surface area contributed by atoms with Gasteiger partial charge in [-0.15, -0.1) is 0 Å². The molecule has 1 aliphatic rings. The Labute approximate surface area is 148 Å². The van der Waals surface area contributed by atoms with Crippen LogP contribution in [0.25, 0.3) is 0 Å². The van der Waals surface area contributed by atoms with Crippen molar-refractivity contribution in [1.29, 1.82) is 0 Å². The van der Waals surface area contributed by atoms with Crippen LogP contribution in [0.15, 0.2) is 0 Å². The fraction of sp³-hybridized carbons (Fsp3) is 0.667. The van der Waals surface area contributed by atoms with Gasteiger partial charge in [0.25, 0.3) is 0 Å². The van der Waals surface area contributed by atoms with Crippen LogP contribution < -0.4 is 0 Å². The second-order valence-electron chi connectivity index (χ2n) is 6.02. The Morgan fingerprint density at radius 3 is 2.40 bits per heavy atom. The summed E-state index contributed by atoms with van der Waals surface area (Å²) in [6.07, 6.45) is 0. The molecule has 0 radical (unpaired) electrons. The molecule has 3 unspecified atom stereocenters. The number of nitrogens with zero attached hydrogens (tertiary/aromatic N) is 2. The highest BCUT2D eigenvalue weighted by Crippen LogP contribution is 2.50. The number of hydrogen-bond donors (Lipinski definition) is 0. The molecule has 0 amide bonds. The number of pyridine rings is 1. The normalized spacial score (nSPS) is 30.7. The van der Waals surface area contributed by atoms with E-state index in [9.17, 15) is 0 Å². The van der Waals surface area contributed by atoms with Gasteiger partial charge in [0.05, 0.1) is 4.05 Å². The molecule has 5 heteroatoms. The minimum absolute atomic E-state index is 0.134. The molecule has 0 fully saturated rings. The van der Waals surface area contributed by atoms with Crippen LogP contribution in [0.4, 0.5) is 4.39 Å². The van der Waals surface area contributed by atoms with E-state index in [1.807, 2.05) is 18.7 Å². The maximum absolute atomic E-state index is 15.7. The van der Waals surface area contributed by atoms with Crippen LogP contribution in [-0.2, 0) is 5.79 Å². The maximum atomic E-state index is 15.7. The zero-order valence-corrected chi connectivity index (χ0v) is 17.1. The zero-order chi connectivity index (χ0) is 15.4. The number of rotatable bonds is 1.